The molecule has 0 fully saturated rings. The molecule has 0 bridgehead atoms. The molecule has 7 nitrogen and oxygen atoms in total. The number of rotatable bonds is 7. The number of halogens is 3. The van der Waals surface area contributed by atoms with Gasteiger partial charge in [0, 0.05) is 37.6 Å². The van der Waals surface area contributed by atoms with Crippen molar-refractivity contribution in [2.45, 2.75) is 24.7 Å². The molecule has 1 heterocycles. The first-order valence-electron chi connectivity index (χ1n) is 7.87. The van der Waals surface area contributed by atoms with E-state index in [0.29, 0.717) is 17.1 Å². The molecule has 27 heavy (non-hydrogen) atoms. The number of nitrogens with one attached hydrogen (secondary N) is 1. The molecule has 10 heteroatoms. The lowest BCUT2D eigenvalue weighted by atomic mass is 9.97. The third-order valence-electron chi connectivity index (χ3n) is 4.05. The second-order valence-corrected chi connectivity index (χ2v) is 5.85. The van der Waals surface area contributed by atoms with Crippen LogP contribution in [-0.2, 0) is 24.0 Å². The van der Waals surface area contributed by atoms with Gasteiger partial charge in [-0.05, 0) is 12.1 Å². The van der Waals surface area contributed by atoms with E-state index in [1.807, 2.05) is 0 Å². The average molecular weight is 387 g/mol. The molecule has 0 saturated carbocycles. The average Bonchev–Trinajstić information content (AvgIpc) is 3.05. The second-order valence-electron chi connectivity index (χ2n) is 5.85. The van der Waals surface area contributed by atoms with Gasteiger partial charge in [-0.1, -0.05) is 0 Å². The van der Waals surface area contributed by atoms with Gasteiger partial charge in [0.1, 0.15) is 11.5 Å². The zero-order valence-corrected chi connectivity index (χ0v) is 15.0. The highest BCUT2D eigenvalue weighted by molar-refractivity contribution is 5.77. The molecule has 1 aromatic carbocycles. The van der Waals surface area contributed by atoms with Crippen molar-refractivity contribution in [2.24, 2.45) is 7.05 Å². The van der Waals surface area contributed by atoms with Crippen molar-refractivity contribution < 1.29 is 32.5 Å². The Kier molecular flexibility index (Phi) is 5.99. The van der Waals surface area contributed by atoms with E-state index in [0.717, 1.165) is 10.8 Å². The van der Waals surface area contributed by atoms with E-state index in [9.17, 15) is 23.1 Å². The van der Waals surface area contributed by atoms with Crippen LogP contribution in [0.5, 0.6) is 11.5 Å². The van der Waals surface area contributed by atoms with E-state index in [1.54, 1.807) is 18.2 Å². The number of imidazole rings is 1. The molecule has 0 aliphatic carbocycles. The van der Waals surface area contributed by atoms with E-state index in [2.05, 4.69) is 10.3 Å². The van der Waals surface area contributed by atoms with Crippen LogP contribution in [-0.4, -0.2) is 41.0 Å². The fraction of sp³-hybridized carbons (Fsp3) is 0.412. The third kappa shape index (κ3) is 4.33. The van der Waals surface area contributed by atoms with Crippen molar-refractivity contribution in [3.8, 4) is 11.5 Å². The Bertz CT molecular complexity index is 807. The fourth-order valence-corrected chi connectivity index (χ4v) is 2.56. The van der Waals surface area contributed by atoms with Gasteiger partial charge < -0.3 is 24.5 Å². The summed E-state index contributed by atoms with van der Waals surface area (Å²) in [4.78, 5) is 15.7. The molecule has 148 valence electrons. The summed E-state index contributed by atoms with van der Waals surface area (Å²) in [6.07, 6.45) is -3.93. The highest BCUT2D eigenvalue weighted by atomic mass is 19.4. The molecule has 0 aliphatic rings. The molecule has 2 aromatic rings. The number of nitrogens with zero attached hydrogens (tertiary/aromatic N) is 2. The minimum absolute atomic E-state index is 0.0828. The lowest BCUT2D eigenvalue weighted by molar-refractivity contribution is -0.271. The molecule has 1 aromatic heterocycles. The van der Waals surface area contributed by atoms with E-state index in [4.69, 9.17) is 9.47 Å². The van der Waals surface area contributed by atoms with Crippen LogP contribution in [0.15, 0.2) is 30.6 Å². The molecule has 0 radical (unpaired) electrons. The van der Waals surface area contributed by atoms with Gasteiger partial charge in [0.25, 0.3) is 0 Å². The Labute approximate surface area is 153 Å². The lowest BCUT2D eigenvalue weighted by Gasteiger charge is -2.29. The lowest BCUT2D eigenvalue weighted by Crippen LogP contribution is -2.47. The van der Waals surface area contributed by atoms with Gasteiger partial charge in [0.2, 0.25) is 11.5 Å². The van der Waals surface area contributed by atoms with Crippen LogP contribution in [0.3, 0.4) is 0 Å². The molecular weight excluding hydrogens is 367 g/mol. The minimum Gasteiger partial charge on any atom is -0.497 e. The van der Waals surface area contributed by atoms with Crippen molar-refractivity contribution in [2.75, 3.05) is 14.2 Å². The molecule has 1 unspecified atom stereocenters. The monoisotopic (exact) mass is 387 g/mol. The van der Waals surface area contributed by atoms with E-state index < -0.39 is 29.9 Å². The van der Waals surface area contributed by atoms with E-state index in [1.165, 1.54) is 27.5 Å². The van der Waals surface area contributed by atoms with Crippen molar-refractivity contribution in [1.29, 1.82) is 0 Å². The SMILES string of the molecule is COc1ccc(CNC(=O)CC(O)(c2nccn2C)C(F)(F)F)c(OC)c1. The van der Waals surface area contributed by atoms with Gasteiger partial charge in [-0.15, -0.1) is 0 Å². The van der Waals surface area contributed by atoms with Crippen LogP contribution in [0.1, 0.15) is 17.8 Å². The Morgan fingerprint density at radius 3 is 2.52 bits per heavy atom. The number of aryl methyl sites for hydroxylation is 1. The number of carbonyl (C=O) groups is 1. The maximum atomic E-state index is 13.5. The van der Waals surface area contributed by atoms with Gasteiger partial charge >= 0.3 is 6.18 Å². The number of hydrogen-bond acceptors (Lipinski definition) is 5. The number of hydrogen-bond donors (Lipinski definition) is 2. The van der Waals surface area contributed by atoms with Crippen LogP contribution in [0, 0.1) is 0 Å². The minimum atomic E-state index is -5.08. The molecule has 0 spiro atoms. The summed E-state index contributed by atoms with van der Waals surface area (Å²) in [5.41, 5.74) is -2.86. The van der Waals surface area contributed by atoms with Gasteiger partial charge in [-0.3, -0.25) is 4.79 Å². The summed E-state index contributed by atoms with van der Waals surface area (Å²) in [5.74, 6) is -0.712. The van der Waals surface area contributed by atoms with Crippen molar-refractivity contribution in [1.82, 2.24) is 14.9 Å². The van der Waals surface area contributed by atoms with Crippen LogP contribution in [0.4, 0.5) is 13.2 Å². The van der Waals surface area contributed by atoms with Crippen molar-refractivity contribution in [3.63, 3.8) is 0 Å². The Morgan fingerprint density at radius 1 is 1.30 bits per heavy atom. The van der Waals surface area contributed by atoms with E-state index in [-0.39, 0.29) is 6.54 Å². The number of amides is 1. The normalized spacial score (nSPS) is 13.7. The molecule has 1 amide bonds. The maximum absolute atomic E-state index is 13.5. The highest BCUT2D eigenvalue weighted by Gasteiger charge is 2.58. The summed E-state index contributed by atoms with van der Waals surface area (Å²) in [6.45, 7) is -0.0828. The standard InChI is InChI=1S/C17H20F3N3O4/c1-23-7-6-21-15(23)16(25,17(18,19)20)9-14(24)22-10-11-4-5-12(26-2)8-13(11)27-3/h4-8,25H,9-10H2,1-3H3,(H,22,24). The largest absolute Gasteiger partial charge is 0.497 e. The predicted octanol–water partition coefficient (Wildman–Crippen LogP) is 1.89. The number of carbonyl (C=O) groups excluding carboxylic acids is 1. The molecule has 2 N–H and O–H groups in total. The zero-order chi connectivity index (χ0) is 20.2. The molecular formula is C17H20F3N3O4. The molecule has 0 saturated heterocycles. The first-order valence-corrected chi connectivity index (χ1v) is 7.87. The Balaban J connectivity index is 2.15. The van der Waals surface area contributed by atoms with Crippen LogP contribution in [0.2, 0.25) is 0 Å². The molecule has 1 atom stereocenters. The molecule has 2 rings (SSSR count). The quantitative estimate of drug-likeness (QED) is 0.758. The van der Waals surface area contributed by atoms with Gasteiger partial charge in [-0.2, -0.15) is 13.2 Å². The summed E-state index contributed by atoms with van der Waals surface area (Å²) in [6, 6.07) is 4.83. The maximum Gasteiger partial charge on any atom is 0.425 e. The summed E-state index contributed by atoms with van der Waals surface area (Å²) >= 11 is 0. The summed E-state index contributed by atoms with van der Waals surface area (Å²) in [5, 5.41) is 12.6. The summed E-state index contributed by atoms with van der Waals surface area (Å²) in [7, 11) is 4.20. The van der Waals surface area contributed by atoms with Crippen LogP contribution < -0.4 is 14.8 Å². The van der Waals surface area contributed by atoms with Crippen molar-refractivity contribution >= 4 is 5.91 Å². The van der Waals surface area contributed by atoms with Gasteiger partial charge in [-0.25, -0.2) is 4.98 Å². The van der Waals surface area contributed by atoms with Crippen LogP contribution in [0.25, 0.3) is 0 Å². The second kappa shape index (κ2) is 7.87. The zero-order valence-electron chi connectivity index (χ0n) is 15.0. The third-order valence-corrected chi connectivity index (χ3v) is 4.05. The first-order chi connectivity index (χ1) is 12.6. The van der Waals surface area contributed by atoms with Crippen LogP contribution >= 0.6 is 0 Å². The topological polar surface area (TPSA) is 85.6 Å². The van der Waals surface area contributed by atoms with Gasteiger partial charge in [0.15, 0.2) is 5.82 Å². The number of methoxy groups -OCH3 is 2. The van der Waals surface area contributed by atoms with E-state index >= 15 is 0 Å². The highest BCUT2D eigenvalue weighted by Crippen LogP contribution is 2.40. The number of benzene rings is 1. The van der Waals surface area contributed by atoms with Gasteiger partial charge in [0.05, 0.1) is 20.6 Å². The Hall–Kier alpha value is -2.75. The smallest absolute Gasteiger partial charge is 0.425 e. The fourth-order valence-electron chi connectivity index (χ4n) is 2.56. The molecule has 0 aliphatic heterocycles. The van der Waals surface area contributed by atoms with Crippen molar-refractivity contribution in [3.05, 3.63) is 42.0 Å². The number of aliphatic hydroxyl groups is 1. The summed E-state index contributed by atoms with van der Waals surface area (Å²) < 4.78 is 51.6. The number of ether oxygens (including phenoxy) is 2. The number of aromatic nitrogens is 2. The Morgan fingerprint density at radius 2 is 2.00 bits per heavy atom. The first kappa shape index (κ1) is 20.6. The number of alkyl halides is 3. The predicted molar refractivity (Wildman–Crippen MR) is 89.2 cm³/mol.